The molecule has 1 aliphatic rings. The monoisotopic (exact) mass is 340 g/mol. The average molecular weight is 340 g/mol. The van der Waals surface area contributed by atoms with Crippen LogP contribution in [-0.2, 0) is 24.8 Å². The number of aryl methyl sites for hydroxylation is 2. The lowest BCUT2D eigenvalue weighted by Gasteiger charge is -2.31. The minimum absolute atomic E-state index is 0.0784. The van der Waals surface area contributed by atoms with E-state index in [1.807, 2.05) is 6.07 Å². The molecule has 7 heteroatoms. The minimum atomic E-state index is -0.0784. The molecule has 1 saturated heterocycles. The predicted octanol–water partition coefficient (Wildman–Crippen LogP) is 2.22. The molecule has 2 aromatic heterocycles. The Bertz CT molecular complexity index is 854. The number of hydrogen-bond donors (Lipinski definition) is 1. The third-order valence-electron chi connectivity index (χ3n) is 4.72. The van der Waals surface area contributed by atoms with Crippen LogP contribution in [0.4, 0.5) is 0 Å². The van der Waals surface area contributed by atoms with Gasteiger partial charge in [0, 0.05) is 26.6 Å². The Labute approximate surface area is 147 Å². The number of benzene rings is 1. The fourth-order valence-electron chi connectivity index (χ4n) is 3.34. The summed E-state index contributed by atoms with van der Waals surface area (Å²) >= 11 is 0. The van der Waals surface area contributed by atoms with E-state index >= 15 is 0 Å². The Morgan fingerprint density at radius 1 is 1.28 bits per heavy atom. The number of hydrogen-bond acceptors (Lipinski definition) is 5. The van der Waals surface area contributed by atoms with E-state index in [2.05, 4.69) is 56.8 Å². The van der Waals surface area contributed by atoms with Gasteiger partial charge in [0.1, 0.15) is 17.8 Å². The predicted molar refractivity (Wildman–Crippen MR) is 95.1 cm³/mol. The largest absolute Gasteiger partial charge is 0.367 e. The number of ether oxygens (including phenoxy) is 1. The molecule has 0 spiro atoms. The van der Waals surface area contributed by atoms with Gasteiger partial charge in [0.05, 0.1) is 24.2 Å². The minimum Gasteiger partial charge on any atom is -0.367 e. The van der Waals surface area contributed by atoms with Crippen LogP contribution in [0.25, 0.3) is 11.0 Å². The van der Waals surface area contributed by atoms with Crippen LogP contribution in [0, 0.1) is 0 Å². The Hall–Kier alpha value is -2.25. The molecule has 0 bridgehead atoms. The lowest BCUT2D eigenvalue weighted by atomic mass is 10.2. The number of aromatic nitrogens is 5. The van der Waals surface area contributed by atoms with Gasteiger partial charge in [-0.3, -0.25) is 10.00 Å². The van der Waals surface area contributed by atoms with Crippen molar-refractivity contribution in [2.24, 2.45) is 7.05 Å². The highest BCUT2D eigenvalue weighted by Crippen LogP contribution is 2.22. The van der Waals surface area contributed by atoms with Gasteiger partial charge in [-0.2, -0.15) is 5.10 Å². The van der Waals surface area contributed by atoms with E-state index in [1.165, 1.54) is 5.52 Å². The number of H-pyrrole nitrogens is 1. The second kappa shape index (κ2) is 6.93. The van der Waals surface area contributed by atoms with Crippen molar-refractivity contribution in [3.05, 3.63) is 41.7 Å². The van der Waals surface area contributed by atoms with Crippen LogP contribution in [0.15, 0.2) is 24.3 Å². The van der Waals surface area contributed by atoms with Crippen molar-refractivity contribution in [2.75, 3.05) is 19.7 Å². The topological polar surface area (TPSA) is 71.9 Å². The molecule has 1 aromatic carbocycles. The highest BCUT2D eigenvalue weighted by Gasteiger charge is 2.26. The van der Waals surface area contributed by atoms with Crippen LogP contribution >= 0.6 is 0 Å². The maximum absolute atomic E-state index is 5.90. The fourth-order valence-corrected chi connectivity index (χ4v) is 3.34. The zero-order chi connectivity index (χ0) is 17.2. The quantitative estimate of drug-likeness (QED) is 0.771. The van der Waals surface area contributed by atoms with E-state index in [4.69, 9.17) is 9.72 Å². The first kappa shape index (κ1) is 16.2. The molecule has 0 saturated carbocycles. The van der Waals surface area contributed by atoms with Crippen molar-refractivity contribution in [1.29, 1.82) is 0 Å². The molecule has 132 valence electrons. The number of nitrogens with zero attached hydrogens (tertiary/aromatic N) is 5. The maximum Gasteiger partial charge on any atom is 0.180 e. The SMILES string of the molecule is CCCc1nc(C2CN(Cc3nc4ccccc4n3C)CCO2)n[nH]1. The van der Waals surface area contributed by atoms with Gasteiger partial charge in [-0.1, -0.05) is 19.1 Å². The van der Waals surface area contributed by atoms with E-state index in [1.54, 1.807) is 0 Å². The Morgan fingerprint density at radius 2 is 2.16 bits per heavy atom. The summed E-state index contributed by atoms with van der Waals surface area (Å²) in [6.07, 6.45) is 1.90. The van der Waals surface area contributed by atoms with Gasteiger partial charge in [0.25, 0.3) is 0 Å². The Balaban J connectivity index is 1.48. The molecule has 0 aliphatic carbocycles. The summed E-state index contributed by atoms with van der Waals surface area (Å²) in [5.74, 6) is 2.77. The van der Waals surface area contributed by atoms with Gasteiger partial charge in [-0.15, -0.1) is 0 Å². The van der Waals surface area contributed by atoms with E-state index in [0.29, 0.717) is 6.61 Å². The number of morpholine rings is 1. The van der Waals surface area contributed by atoms with Crippen molar-refractivity contribution in [3.63, 3.8) is 0 Å². The van der Waals surface area contributed by atoms with E-state index in [9.17, 15) is 0 Å². The highest BCUT2D eigenvalue weighted by molar-refractivity contribution is 5.75. The molecular formula is C18H24N6O. The van der Waals surface area contributed by atoms with E-state index in [0.717, 1.165) is 55.5 Å². The number of aromatic amines is 1. The van der Waals surface area contributed by atoms with Gasteiger partial charge >= 0.3 is 0 Å². The number of imidazole rings is 1. The summed E-state index contributed by atoms with van der Waals surface area (Å²) in [4.78, 5) is 11.7. The molecule has 1 N–H and O–H groups in total. The van der Waals surface area contributed by atoms with Gasteiger partial charge in [-0.05, 0) is 18.6 Å². The lowest BCUT2D eigenvalue weighted by molar-refractivity contribution is -0.0379. The average Bonchev–Trinajstić information content (AvgIpc) is 3.22. The maximum atomic E-state index is 5.90. The van der Waals surface area contributed by atoms with Crippen LogP contribution in [0.1, 0.15) is 36.9 Å². The first-order valence-corrected chi connectivity index (χ1v) is 8.90. The van der Waals surface area contributed by atoms with Gasteiger partial charge in [-0.25, -0.2) is 9.97 Å². The number of rotatable bonds is 5. The molecule has 4 rings (SSSR count). The van der Waals surface area contributed by atoms with Gasteiger partial charge < -0.3 is 9.30 Å². The smallest absolute Gasteiger partial charge is 0.180 e. The van der Waals surface area contributed by atoms with Crippen molar-refractivity contribution >= 4 is 11.0 Å². The standard InChI is InChI=1S/C18H24N6O/c1-3-6-16-20-18(22-21-16)15-11-24(9-10-25-15)12-17-19-13-7-4-5-8-14(13)23(17)2/h4-5,7-8,15H,3,6,9-12H2,1-2H3,(H,20,21,22). The second-order valence-corrected chi connectivity index (χ2v) is 6.56. The van der Waals surface area contributed by atoms with E-state index < -0.39 is 0 Å². The fraction of sp³-hybridized carbons (Fsp3) is 0.500. The Kier molecular flexibility index (Phi) is 4.50. The summed E-state index contributed by atoms with van der Waals surface area (Å²) in [6, 6.07) is 8.25. The lowest BCUT2D eigenvalue weighted by Crippen LogP contribution is -2.38. The highest BCUT2D eigenvalue weighted by atomic mass is 16.5. The summed E-state index contributed by atoms with van der Waals surface area (Å²) in [5, 5.41) is 7.36. The molecule has 0 amide bonds. The molecule has 3 aromatic rings. The van der Waals surface area contributed by atoms with Crippen LogP contribution in [-0.4, -0.2) is 49.3 Å². The third kappa shape index (κ3) is 3.29. The molecular weight excluding hydrogens is 316 g/mol. The summed E-state index contributed by atoms with van der Waals surface area (Å²) in [6.45, 7) is 5.31. The van der Waals surface area contributed by atoms with E-state index in [-0.39, 0.29) is 6.10 Å². The molecule has 0 radical (unpaired) electrons. The molecule has 7 nitrogen and oxygen atoms in total. The molecule has 1 unspecified atom stereocenters. The van der Waals surface area contributed by atoms with Crippen LogP contribution < -0.4 is 0 Å². The summed E-state index contributed by atoms with van der Waals surface area (Å²) < 4.78 is 8.07. The third-order valence-corrected chi connectivity index (χ3v) is 4.72. The van der Waals surface area contributed by atoms with Crippen LogP contribution in [0.5, 0.6) is 0 Å². The number of para-hydroxylation sites is 2. The van der Waals surface area contributed by atoms with Crippen molar-refractivity contribution in [2.45, 2.75) is 32.4 Å². The van der Waals surface area contributed by atoms with Gasteiger partial charge in [0.2, 0.25) is 0 Å². The molecule has 1 atom stereocenters. The van der Waals surface area contributed by atoms with Crippen molar-refractivity contribution < 1.29 is 4.74 Å². The Morgan fingerprint density at radius 3 is 3.00 bits per heavy atom. The second-order valence-electron chi connectivity index (χ2n) is 6.56. The summed E-state index contributed by atoms with van der Waals surface area (Å²) in [7, 11) is 2.08. The first-order chi connectivity index (χ1) is 12.2. The van der Waals surface area contributed by atoms with Crippen molar-refractivity contribution in [1.82, 2.24) is 29.6 Å². The zero-order valence-electron chi connectivity index (χ0n) is 14.8. The number of nitrogens with one attached hydrogen (secondary N) is 1. The molecule has 1 aliphatic heterocycles. The number of fused-ring (bicyclic) bond motifs is 1. The van der Waals surface area contributed by atoms with Crippen LogP contribution in [0.2, 0.25) is 0 Å². The summed E-state index contributed by atoms with van der Waals surface area (Å²) in [5.41, 5.74) is 2.21. The zero-order valence-corrected chi connectivity index (χ0v) is 14.8. The van der Waals surface area contributed by atoms with Gasteiger partial charge in [0.15, 0.2) is 5.82 Å². The molecule has 1 fully saturated rings. The van der Waals surface area contributed by atoms with Crippen molar-refractivity contribution in [3.8, 4) is 0 Å². The first-order valence-electron chi connectivity index (χ1n) is 8.90. The van der Waals surface area contributed by atoms with Crippen LogP contribution in [0.3, 0.4) is 0 Å². The molecule has 3 heterocycles. The molecule has 25 heavy (non-hydrogen) atoms. The normalized spacial score (nSPS) is 18.9.